The molecule has 5 aliphatic rings. The van der Waals surface area contributed by atoms with Crippen molar-refractivity contribution in [2.24, 2.45) is 28.6 Å². The molecule has 0 aromatic heterocycles. The number of allylic oxidation sites excluding steroid dienone is 1. The van der Waals surface area contributed by atoms with Gasteiger partial charge in [0.25, 0.3) is 0 Å². The lowest BCUT2D eigenvalue weighted by atomic mass is 9.47. The molecular weight excluding hydrogens is 390 g/mol. The fourth-order valence-electron chi connectivity index (χ4n) is 8.00. The minimum absolute atomic E-state index is 0.0212. The molecule has 0 spiro atoms. The van der Waals surface area contributed by atoms with E-state index >= 15 is 0 Å². The number of nitrogens with zero attached hydrogens (tertiary/aromatic N) is 1. The van der Waals surface area contributed by atoms with E-state index in [0.29, 0.717) is 36.4 Å². The van der Waals surface area contributed by atoms with Gasteiger partial charge in [0.2, 0.25) is 0 Å². The number of ether oxygens (including phenoxy) is 2. The Labute approximate surface area is 186 Å². The molecule has 0 N–H and O–H groups in total. The van der Waals surface area contributed by atoms with Crippen LogP contribution in [0.1, 0.15) is 71.6 Å². The molecule has 4 fully saturated rings. The largest absolute Gasteiger partial charge is 0.462 e. The highest BCUT2D eigenvalue weighted by atomic mass is 16.5. The summed E-state index contributed by atoms with van der Waals surface area (Å²) in [6.07, 6.45) is 11.2. The quantitative estimate of drug-likeness (QED) is 0.629. The van der Waals surface area contributed by atoms with Crippen LogP contribution in [0.15, 0.2) is 11.6 Å². The van der Waals surface area contributed by atoms with Crippen LogP contribution in [-0.2, 0) is 19.1 Å². The van der Waals surface area contributed by atoms with Gasteiger partial charge in [0.1, 0.15) is 6.10 Å². The maximum atomic E-state index is 12.7. The van der Waals surface area contributed by atoms with Crippen molar-refractivity contribution in [1.82, 2.24) is 4.90 Å². The Morgan fingerprint density at radius 2 is 1.90 bits per heavy atom. The third kappa shape index (κ3) is 3.80. The predicted molar refractivity (Wildman–Crippen MR) is 118 cm³/mol. The van der Waals surface area contributed by atoms with Crippen LogP contribution in [0.3, 0.4) is 0 Å². The van der Waals surface area contributed by atoms with Crippen LogP contribution >= 0.6 is 0 Å². The summed E-state index contributed by atoms with van der Waals surface area (Å²) in [5.41, 5.74) is 1.76. The monoisotopic (exact) mass is 429 g/mol. The van der Waals surface area contributed by atoms with Crippen LogP contribution < -0.4 is 0 Å². The van der Waals surface area contributed by atoms with Gasteiger partial charge in [-0.1, -0.05) is 19.4 Å². The Hall–Kier alpha value is -1.20. The normalized spacial score (nSPS) is 42.9. The summed E-state index contributed by atoms with van der Waals surface area (Å²) in [5, 5.41) is 0. The fraction of sp³-hybridized carbons (Fsp3) is 0.846. The highest BCUT2D eigenvalue weighted by molar-refractivity contribution is 5.91. The van der Waals surface area contributed by atoms with Crippen molar-refractivity contribution in [3.05, 3.63) is 11.6 Å². The fourth-order valence-corrected chi connectivity index (χ4v) is 8.00. The van der Waals surface area contributed by atoms with Gasteiger partial charge in [0.05, 0.1) is 19.6 Å². The molecular formula is C26H39NO4. The lowest BCUT2D eigenvalue weighted by molar-refractivity contribution is -0.160. The molecule has 5 rings (SSSR count). The SMILES string of the molecule is C[C@]12CC[C@@H]3[C@H](CCC4=CC(=O)CC[C@@]43C)[C@H]1CC[C@H]2OC(=O)CCN1CCOCC1. The second-order valence-corrected chi connectivity index (χ2v) is 11.3. The van der Waals surface area contributed by atoms with Crippen LogP contribution in [0.25, 0.3) is 0 Å². The Morgan fingerprint density at radius 1 is 1.10 bits per heavy atom. The summed E-state index contributed by atoms with van der Waals surface area (Å²) in [7, 11) is 0. The second-order valence-electron chi connectivity index (χ2n) is 11.3. The molecule has 0 amide bonds. The van der Waals surface area contributed by atoms with Gasteiger partial charge in [-0.2, -0.15) is 0 Å². The molecule has 1 heterocycles. The van der Waals surface area contributed by atoms with Crippen molar-refractivity contribution < 1.29 is 19.1 Å². The predicted octanol–water partition coefficient (Wildman–Crippen LogP) is 4.15. The average molecular weight is 430 g/mol. The van der Waals surface area contributed by atoms with E-state index in [0.717, 1.165) is 58.5 Å². The number of rotatable bonds is 4. The highest BCUT2D eigenvalue weighted by Gasteiger charge is 2.59. The van der Waals surface area contributed by atoms with Gasteiger partial charge in [-0.25, -0.2) is 0 Å². The summed E-state index contributed by atoms with van der Waals surface area (Å²) in [6, 6.07) is 0. The molecule has 0 aromatic carbocycles. The number of morpholine rings is 1. The molecule has 4 aliphatic carbocycles. The minimum Gasteiger partial charge on any atom is -0.462 e. The maximum absolute atomic E-state index is 12.7. The standard InChI is InChI=1S/C26H39NO4/c1-25-10-7-19(28)17-18(25)3-4-20-21-5-6-23(26(21,2)11-8-22(20)25)31-24(29)9-12-27-13-15-30-16-14-27/h17,20-23H,3-16H2,1-2H3/t20-,21-,22-,23-,25+,26+/m1/s1. The Bertz CT molecular complexity index is 757. The maximum Gasteiger partial charge on any atom is 0.307 e. The van der Waals surface area contributed by atoms with Crippen LogP contribution in [0.2, 0.25) is 0 Å². The van der Waals surface area contributed by atoms with Crippen molar-refractivity contribution in [2.75, 3.05) is 32.8 Å². The van der Waals surface area contributed by atoms with E-state index in [1.54, 1.807) is 0 Å². The first-order chi connectivity index (χ1) is 14.9. The van der Waals surface area contributed by atoms with Crippen LogP contribution in [0, 0.1) is 28.6 Å². The van der Waals surface area contributed by atoms with Crippen LogP contribution in [-0.4, -0.2) is 55.6 Å². The molecule has 1 saturated heterocycles. The van der Waals surface area contributed by atoms with Crippen molar-refractivity contribution in [3.63, 3.8) is 0 Å². The highest BCUT2D eigenvalue weighted by Crippen LogP contribution is 2.65. The number of carbonyl (C=O) groups is 2. The molecule has 172 valence electrons. The first-order valence-electron chi connectivity index (χ1n) is 12.6. The summed E-state index contributed by atoms with van der Waals surface area (Å²) in [5.74, 6) is 2.36. The van der Waals surface area contributed by atoms with E-state index in [4.69, 9.17) is 9.47 Å². The lowest BCUT2D eigenvalue weighted by Gasteiger charge is -2.57. The van der Waals surface area contributed by atoms with Gasteiger partial charge in [0.15, 0.2) is 5.78 Å². The minimum atomic E-state index is -0.0212. The number of ketones is 1. The second kappa shape index (κ2) is 8.30. The van der Waals surface area contributed by atoms with E-state index < -0.39 is 0 Å². The zero-order valence-corrected chi connectivity index (χ0v) is 19.4. The molecule has 5 nitrogen and oxygen atoms in total. The van der Waals surface area contributed by atoms with Gasteiger partial charge < -0.3 is 9.47 Å². The zero-order chi connectivity index (χ0) is 21.6. The van der Waals surface area contributed by atoms with Crippen LogP contribution in [0.4, 0.5) is 0 Å². The topological polar surface area (TPSA) is 55.8 Å². The number of hydrogen-bond acceptors (Lipinski definition) is 5. The molecule has 0 unspecified atom stereocenters. The molecule has 1 aliphatic heterocycles. The summed E-state index contributed by atoms with van der Waals surface area (Å²) in [4.78, 5) is 27.0. The van der Waals surface area contributed by atoms with E-state index in [-0.39, 0.29) is 22.9 Å². The summed E-state index contributed by atoms with van der Waals surface area (Å²) >= 11 is 0. The van der Waals surface area contributed by atoms with Gasteiger partial charge in [-0.15, -0.1) is 0 Å². The number of carbonyl (C=O) groups excluding carboxylic acids is 2. The van der Waals surface area contributed by atoms with Gasteiger partial charge in [0, 0.05) is 31.5 Å². The molecule has 0 radical (unpaired) electrons. The molecule has 0 bridgehead atoms. The third-order valence-corrected chi connectivity index (χ3v) is 9.88. The van der Waals surface area contributed by atoms with Crippen molar-refractivity contribution in [3.8, 4) is 0 Å². The van der Waals surface area contributed by atoms with E-state index in [1.807, 2.05) is 6.08 Å². The summed E-state index contributed by atoms with van der Waals surface area (Å²) < 4.78 is 11.5. The van der Waals surface area contributed by atoms with Gasteiger partial charge in [-0.05, 0) is 74.2 Å². The van der Waals surface area contributed by atoms with Crippen molar-refractivity contribution >= 4 is 11.8 Å². The Kier molecular flexibility index (Phi) is 5.79. The average Bonchev–Trinajstić information content (AvgIpc) is 3.10. The van der Waals surface area contributed by atoms with E-state index in [1.165, 1.54) is 24.8 Å². The molecule has 5 heteroatoms. The Balaban J connectivity index is 1.23. The zero-order valence-electron chi connectivity index (χ0n) is 19.4. The van der Waals surface area contributed by atoms with E-state index in [2.05, 4.69) is 18.7 Å². The number of fused-ring (bicyclic) bond motifs is 5. The third-order valence-electron chi connectivity index (χ3n) is 9.88. The van der Waals surface area contributed by atoms with Crippen LogP contribution in [0.5, 0.6) is 0 Å². The number of hydrogen-bond donors (Lipinski definition) is 0. The first-order valence-corrected chi connectivity index (χ1v) is 12.6. The molecule has 0 aromatic rings. The molecule has 31 heavy (non-hydrogen) atoms. The molecule has 3 saturated carbocycles. The lowest BCUT2D eigenvalue weighted by Crippen LogP contribution is -2.51. The van der Waals surface area contributed by atoms with E-state index in [9.17, 15) is 9.59 Å². The Morgan fingerprint density at radius 3 is 2.71 bits per heavy atom. The van der Waals surface area contributed by atoms with Crippen molar-refractivity contribution in [2.45, 2.75) is 77.7 Å². The first kappa shape index (κ1) is 21.6. The van der Waals surface area contributed by atoms with Crippen molar-refractivity contribution in [1.29, 1.82) is 0 Å². The molecule has 6 atom stereocenters. The van der Waals surface area contributed by atoms with Gasteiger partial charge >= 0.3 is 5.97 Å². The summed E-state index contributed by atoms with van der Waals surface area (Å²) in [6.45, 7) is 8.99. The number of esters is 1. The van der Waals surface area contributed by atoms with Gasteiger partial charge in [-0.3, -0.25) is 14.5 Å². The smallest absolute Gasteiger partial charge is 0.307 e.